The fourth-order valence-corrected chi connectivity index (χ4v) is 2.44. The first-order chi connectivity index (χ1) is 9.74. The number of rotatable bonds is 3. The Morgan fingerprint density at radius 2 is 2.15 bits per heavy atom. The van der Waals surface area contributed by atoms with E-state index in [1.807, 2.05) is 30.3 Å². The highest BCUT2D eigenvalue weighted by Crippen LogP contribution is 2.20. The van der Waals surface area contributed by atoms with Gasteiger partial charge in [0.05, 0.1) is 17.7 Å². The van der Waals surface area contributed by atoms with Crippen molar-refractivity contribution >= 4 is 28.4 Å². The zero-order valence-electron chi connectivity index (χ0n) is 11.0. The summed E-state index contributed by atoms with van der Waals surface area (Å²) in [5.41, 5.74) is 1.44. The Balaban J connectivity index is 1.76. The van der Waals surface area contributed by atoms with Crippen molar-refractivity contribution in [1.82, 2.24) is 9.88 Å². The molecule has 2 amide bonds. The number of nitrogens with one attached hydrogen (secondary N) is 1. The first kappa shape index (κ1) is 12.6. The number of likely N-dealkylation sites (tertiary alicyclic amines) is 1. The molecule has 0 atom stereocenters. The van der Waals surface area contributed by atoms with Crippen LogP contribution in [-0.2, 0) is 9.59 Å². The van der Waals surface area contributed by atoms with Crippen LogP contribution in [0.15, 0.2) is 36.5 Å². The number of hydrogen-bond donors (Lipinski definition) is 1. The Bertz CT molecular complexity index is 664. The van der Waals surface area contributed by atoms with Gasteiger partial charge < -0.3 is 10.2 Å². The molecule has 0 spiro atoms. The largest absolute Gasteiger partial charge is 0.333 e. The summed E-state index contributed by atoms with van der Waals surface area (Å²) in [6.45, 7) is 0.780. The molecule has 0 bridgehead atoms. The maximum atomic E-state index is 12.0. The maximum absolute atomic E-state index is 12.0. The van der Waals surface area contributed by atoms with Crippen molar-refractivity contribution < 1.29 is 9.59 Å². The van der Waals surface area contributed by atoms with Gasteiger partial charge in [0.25, 0.3) is 0 Å². The molecule has 1 fully saturated rings. The number of pyridine rings is 1. The summed E-state index contributed by atoms with van der Waals surface area (Å²) in [4.78, 5) is 29.4. The number of hydrogen-bond acceptors (Lipinski definition) is 3. The number of para-hydroxylation sites is 1. The van der Waals surface area contributed by atoms with Crippen molar-refractivity contribution in [3.05, 3.63) is 36.5 Å². The van der Waals surface area contributed by atoms with Gasteiger partial charge in [0.2, 0.25) is 11.8 Å². The smallest absolute Gasteiger partial charge is 0.244 e. The minimum absolute atomic E-state index is 0.0520. The molecule has 1 aromatic carbocycles. The zero-order chi connectivity index (χ0) is 13.9. The van der Waals surface area contributed by atoms with E-state index in [4.69, 9.17) is 0 Å². The molecule has 0 unspecified atom stereocenters. The van der Waals surface area contributed by atoms with Crippen molar-refractivity contribution in [2.24, 2.45) is 0 Å². The maximum Gasteiger partial charge on any atom is 0.244 e. The third-order valence-electron chi connectivity index (χ3n) is 3.41. The quantitative estimate of drug-likeness (QED) is 0.924. The molecule has 0 radical (unpaired) electrons. The van der Waals surface area contributed by atoms with Crippen LogP contribution in [0.4, 0.5) is 5.69 Å². The number of nitrogens with zero attached hydrogens (tertiary/aromatic N) is 2. The average molecular weight is 269 g/mol. The van der Waals surface area contributed by atoms with E-state index in [1.54, 1.807) is 11.1 Å². The minimum atomic E-state index is -0.182. The van der Waals surface area contributed by atoms with Gasteiger partial charge in [0, 0.05) is 24.5 Å². The van der Waals surface area contributed by atoms with Crippen LogP contribution in [0.1, 0.15) is 12.8 Å². The molecule has 2 heterocycles. The number of anilines is 1. The van der Waals surface area contributed by atoms with Crippen molar-refractivity contribution in [1.29, 1.82) is 0 Å². The summed E-state index contributed by atoms with van der Waals surface area (Å²) in [6.07, 6.45) is 3.08. The second-order valence-electron chi connectivity index (χ2n) is 4.85. The molecule has 1 saturated heterocycles. The van der Waals surface area contributed by atoms with Crippen molar-refractivity contribution in [3.63, 3.8) is 0 Å². The van der Waals surface area contributed by atoms with Crippen LogP contribution >= 0.6 is 0 Å². The average Bonchev–Trinajstić information content (AvgIpc) is 2.85. The molecule has 5 heteroatoms. The van der Waals surface area contributed by atoms with Gasteiger partial charge in [0.1, 0.15) is 0 Å². The Labute approximate surface area is 116 Å². The molecular formula is C15H15N3O2. The molecule has 3 rings (SSSR count). The Hall–Kier alpha value is -2.43. The van der Waals surface area contributed by atoms with Crippen LogP contribution < -0.4 is 5.32 Å². The van der Waals surface area contributed by atoms with E-state index >= 15 is 0 Å². The Morgan fingerprint density at radius 1 is 1.30 bits per heavy atom. The van der Waals surface area contributed by atoms with E-state index in [2.05, 4.69) is 10.3 Å². The van der Waals surface area contributed by atoms with E-state index < -0.39 is 0 Å². The highest BCUT2D eigenvalue weighted by atomic mass is 16.2. The van der Waals surface area contributed by atoms with Gasteiger partial charge in [-0.1, -0.05) is 18.2 Å². The lowest BCUT2D eigenvalue weighted by Crippen LogP contribution is -2.34. The van der Waals surface area contributed by atoms with Crippen molar-refractivity contribution in [2.75, 3.05) is 18.4 Å². The van der Waals surface area contributed by atoms with Gasteiger partial charge in [-0.2, -0.15) is 0 Å². The number of aromatic nitrogens is 1. The predicted molar refractivity (Wildman–Crippen MR) is 76.2 cm³/mol. The van der Waals surface area contributed by atoms with Crippen LogP contribution in [0.3, 0.4) is 0 Å². The predicted octanol–water partition coefficient (Wildman–Crippen LogP) is 1.80. The molecule has 5 nitrogen and oxygen atoms in total. The van der Waals surface area contributed by atoms with E-state index in [1.165, 1.54) is 0 Å². The van der Waals surface area contributed by atoms with Gasteiger partial charge in [-0.3, -0.25) is 14.6 Å². The number of amides is 2. The molecule has 1 aliphatic rings. The molecule has 102 valence electrons. The van der Waals surface area contributed by atoms with Crippen LogP contribution in [-0.4, -0.2) is 34.8 Å². The SMILES string of the molecule is O=C(CN1CCCC1=O)Nc1cccc2cccnc12. The monoisotopic (exact) mass is 269 g/mol. The first-order valence-corrected chi connectivity index (χ1v) is 6.65. The lowest BCUT2D eigenvalue weighted by molar-refractivity contribution is -0.131. The molecule has 2 aromatic rings. The van der Waals surface area contributed by atoms with E-state index in [9.17, 15) is 9.59 Å². The van der Waals surface area contributed by atoms with Crippen LogP contribution in [0.5, 0.6) is 0 Å². The van der Waals surface area contributed by atoms with Gasteiger partial charge in [-0.25, -0.2) is 0 Å². The third kappa shape index (κ3) is 2.47. The molecule has 0 saturated carbocycles. The normalized spacial score (nSPS) is 14.8. The second kappa shape index (κ2) is 5.28. The molecule has 0 aliphatic carbocycles. The lowest BCUT2D eigenvalue weighted by atomic mass is 10.2. The molecule has 1 aromatic heterocycles. The van der Waals surface area contributed by atoms with Crippen molar-refractivity contribution in [3.8, 4) is 0 Å². The fourth-order valence-electron chi connectivity index (χ4n) is 2.44. The summed E-state index contributed by atoms with van der Waals surface area (Å²) < 4.78 is 0. The number of carbonyl (C=O) groups is 2. The van der Waals surface area contributed by atoms with Crippen LogP contribution in [0.2, 0.25) is 0 Å². The molecular weight excluding hydrogens is 254 g/mol. The van der Waals surface area contributed by atoms with Crippen LogP contribution in [0, 0.1) is 0 Å². The van der Waals surface area contributed by atoms with Gasteiger partial charge in [0.15, 0.2) is 0 Å². The minimum Gasteiger partial charge on any atom is -0.333 e. The van der Waals surface area contributed by atoms with Crippen LogP contribution in [0.25, 0.3) is 10.9 Å². The number of carbonyl (C=O) groups excluding carboxylic acids is 2. The molecule has 1 N–H and O–H groups in total. The summed E-state index contributed by atoms with van der Waals surface area (Å²) in [6, 6.07) is 9.44. The second-order valence-corrected chi connectivity index (χ2v) is 4.85. The number of benzene rings is 1. The summed E-state index contributed by atoms with van der Waals surface area (Å²) in [5.74, 6) is -0.130. The highest BCUT2D eigenvalue weighted by molar-refractivity contribution is 6.01. The van der Waals surface area contributed by atoms with Gasteiger partial charge in [-0.05, 0) is 18.6 Å². The zero-order valence-corrected chi connectivity index (χ0v) is 11.0. The Morgan fingerprint density at radius 3 is 2.95 bits per heavy atom. The fraction of sp³-hybridized carbons (Fsp3) is 0.267. The van der Waals surface area contributed by atoms with Gasteiger partial charge >= 0.3 is 0 Å². The first-order valence-electron chi connectivity index (χ1n) is 6.65. The summed E-state index contributed by atoms with van der Waals surface area (Å²) in [7, 11) is 0. The highest BCUT2D eigenvalue weighted by Gasteiger charge is 2.22. The standard InChI is InChI=1S/C15H15N3O2/c19-13(10-18-9-3-7-14(18)20)17-12-6-1-4-11-5-2-8-16-15(11)12/h1-2,4-6,8H,3,7,9-10H2,(H,17,19). The van der Waals surface area contributed by atoms with E-state index in [0.717, 1.165) is 17.3 Å². The lowest BCUT2D eigenvalue weighted by Gasteiger charge is -2.15. The topological polar surface area (TPSA) is 62.3 Å². The summed E-state index contributed by atoms with van der Waals surface area (Å²) >= 11 is 0. The number of fused-ring (bicyclic) bond motifs is 1. The summed E-state index contributed by atoms with van der Waals surface area (Å²) in [5, 5.41) is 3.81. The Kier molecular flexibility index (Phi) is 3.33. The van der Waals surface area contributed by atoms with E-state index in [0.29, 0.717) is 18.7 Å². The van der Waals surface area contributed by atoms with Crippen molar-refractivity contribution in [2.45, 2.75) is 12.8 Å². The molecule has 20 heavy (non-hydrogen) atoms. The third-order valence-corrected chi connectivity index (χ3v) is 3.41. The van der Waals surface area contributed by atoms with E-state index in [-0.39, 0.29) is 18.4 Å². The molecule has 1 aliphatic heterocycles. The van der Waals surface area contributed by atoms with Gasteiger partial charge in [-0.15, -0.1) is 0 Å².